The van der Waals surface area contributed by atoms with Crippen LogP contribution in [0.4, 0.5) is 5.69 Å². The smallest absolute Gasteiger partial charge is 0.0832 e. The molecular formula is C22H29N3O. The van der Waals surface area contributed by atoms with Gasteiger partial charge in [-0.1, -0.05) is 36.4 Å². The highest BCUT2D eigenvalue weighted by molar-refractivity contribution is 5.48. The van der Waals surface area contributed by atoms with Crippen molar-refractivity contribution in [1.82, 2.24) is 10.6 Å². The third-order valence-electron chi connectivity index (χ3n) is 6.16. The summed E-state index contributed by atoms with van der Waals surface area (Å²) in [4.78, 5) is 2.12. The molecule has 26 heavy (non-hydrogen) atoms. The van der Waals surface area contributed by atoms with Crippen molar-refractivity contribution in [3.63, 3.8) is 0 Å². The van der Waals surface area contributed by atoms with Crippen LogP contribution >= 0.6 is 0 Å². The van der Waals surface area contributed by atoms with Crippen molar-refractivity contribution in [2.75, 3.05) is 32.1 Å². The Labute approximate surface area is 156 Å². The maximum atomic E-state index is 11.3. The number of piperidine rings is 1. The van der Waals surface area contributed by atoms with Crippen LogP contribution in [-0.2, 0) is 12.0 Å². The average Bonchev–Trinajstić information content (AvgIpc) is 2.89. The number of rotatable bonds is 4. The van der Waals surface area contributed by atoms with Crippen molar-refractivity contribution in [2.45, 2.75) is 36.9 Å². The molecule has 3 N–H and O–H groups in total. The highest BCUT2D eigenvalue weighted by Gasteiger charge is 2.51. The van der Waals surface area contributed by atoms with Crippen LogP contribution in [-0.4, -0.2) is 38.4 Å². The minimum absolute atomic E-state index is 0.00712. The summed E-state index contributed by atoms with van der Waals surface area (Å²) in [6, 6.07) is 17.2. The van der Waals surface area contributed by atoms with E-state index in [1.54, 1.807) is 0 Å². The van der Waals surface area contributed by atoms with E-state index < -0.39 is 0 Å². The number of aliphatic hydroxyl groups is 1. The number of fused-ring (bicyclic) bond motifs is 2. The number of hydrogen-bond acceptors (Lipinski definition) is 4. The fourth-order valence-corrected chi connectivity index (χ4v) is 4.70. The quantitative estimate of drug-likeness (QED) is 0.792. The van der Waals surface area contributed by atoms with Gasteiger partial charge in [0.25, 0.3) is 0 Å². The van der Waals surface area contributed by atoms with E-state index in [9.17, 15) is 5.11 Å². The van der Waals surface area contributed by atoms with Gasteiger partial charge >= 0.3 is 0 Å². The molecule has 1 aliphatic heterocycles. The van der Waals surface area contributed by atoms with E-state index in [0.29, 0.717) is 0 Å². The number of anilines is 1. The van der Waals surface area contributed by atoms with Gasteiger partial charge in [-0.3, -0.25) is 0 Å². The van der Waals surface area contributed by atoms with Gasteiger partial charge in [0.1, 0.15) is 0 Å². The zero-order valence-corrected chi connectivity index (χ0v) is 15.7. The molecule has 2 aromatic carbocycles. The molecule has 0 aromatic heterocycles. The van der Waals surface area contributed by atoms with E-state index in [2.05, 4.69) is 78.2 Å². The molecule has 4 nitrogen and oxygen atoms in total. The third kappa shape index (κ3) is 2.92. The van der Waals surface area contributed by atoms with Crippen molar-refractivity contribution in [3.8, 4) is 0 Å². The van der Waals surface area contributed by atoms with Gasteiger partial charge in [-0.05, 0) is 54.8 Å². The van der Waals surface area contributed by atoms with Crippen molar-refractivity contribution >= 4 is 5.69 Å². The van der Waals surface area contributed by atoms with Crippen LogP contribution in [0.2, 0.25) is 0 Å². The van der Waals surface area contributed by atoms with E-state index in [1.165, 1.54) is 22.4 Å². The molecule has 1 spiro atoms. The number of nitrogens with one attached hydrogen (secondary N) is 2. The van der Waals surface area contributed by atoms with Gasteiger partial charge in [-0.25, -0.2) is 0 Å². The van der Waals surface area contributed by atoms with Crippen molar-refractivity contribution < 1.29 is 5.11 Å². The summed E-state index contributed by atoms with van der Waals surface area (Å²) in [5, 5.41) is 18.4. The maximum Gasteiger partial charge on any atom is 0.0832 e. The van der Waals surface area contributed by atoms with Gasteiger partial charge in [0.2, 0.25) is 0 Å². The summed E-state index contributed by atoms with van der Waals surface area (Å²) in [5.41, 5.74) is 4.95. The summed E-state index contributed by atoms with van der Waals surface area (Å²) < 4.78 is 0. The second kappa shape index (κ2) is 7.03. The highest BCUT2D eigenvalue weighted by Crippen LogP contribution is 2.50. The monoisotopic (exact) mass is 351 g/mol. The third-order valence-corrected chi connectivity index (χ3v) is 6.16. The normalized spacial score (nSPS) is 23.8. The Balaban J connectivity index is 1.58. The predicted octanol–water partition coefficient (Wildman–Crippen LogP) is 2.58. The van der Waals surface area contributed by atoms with Crippen LogP contribution in [0, 0.1) is 0 Å². The van der Waals surface area contributed by atoms with E-state index >= 15 is 0 Å². The van der Waals surface area contributed by atoms with Crippen LogP contribution in [0.3, 0.4) is 0 Å². The number of nitrogens with zero attached hydrogens (tertiary/aromatic N) is 1. The van der Waals surface area contributed by atoms with Gasteiger partial charge in [-0.15, -0.1) is 0 Å². The highest BCUT2D eigenvalue weighted by atomic mass is 16.3. The molecule has 4 heteroatoms. The van der Waals surface area contributed by atoms with Crippen molar-refractivity contribution in [2.24, 2.45) is 0 Å². The molecular weight excluding hydrogens is 322 g/mol. The van der Waals surface area contributed by atoms with Crippen LogP contribution in [0.15, 0.2) is 48.5 Å². The summed E-state index contributed by atoms with van der Waals surface area (Å²) in [6.45, 7) is 2.71. The largest absolute Gasteiger partial charge is 0.390 e. The van der Waals surface area contributed by atoms with Crippen LogP contribution in [0.5, 0.6) is 0 Å². The molecule has 4 rings (SSSR count). The van der Waals surface area contributed by atoms with E-state index in [4.69, 9.17) is 0 Å². The summed E-state index contributed by atoms with van der Waals surface area (Å²) >= 11 is 0. The predicted molar refractivity (Wildman–Crippen MR) is 107 cm³/mol. The molecule has 2 aliphatic rings. The average molecular weight is 351 g/mol. The van der Waals surface area contributed by atoms with Crippen LogP contribution in [0.25, 0.3) is 0 Å². The first-order chi connectivity index (χ1) is 12.6. The molecule has 1 heterocycles. The lowest BCUT2D eigenvalue weighted by Crippen LogP contribution is -2.47. The molecule has 2 aromatic rings. The molecule has 0 saturated carbocycles. The second-order valence-corrected chi connectivity index (χ2v) is 7.86. The lowest BCUT2D eigenvalue weighted by molar-refractivity contribution is 0.0439. The minimum atomic E-state index is -0.376. The SMILES string of the molecule is CN(C)c1cccc(CN[C@H]2c3ccccc3C3(CCNCC3)[C@@H]2O)c1. The molecule has 1 saturated heterocycles. The van der Waals surface area contributed by atoms with Crippen LogP contribution in [0.1, 0.15) is 35.6 Å². The van der Waals surface area contributed by atoms with Crippen molar-refractivity contribution in [1.29, 1.82) is 0 Å². The Morgan fingerprint density at radius 2 is 1.88 bits per heavy atom. The van der Waals surface area contributed by atoms with E-state index in [-0.39, 0.29) is 17.6 Å². The van der Waals surface area contributed by atoms with Crippen LogP contribution < -0.4 is 15.5 Å². The Kier molecular flexibility index (Phi) is 4.74. The minimum Gasteiger partial charge on any atom is -0.390 e. The lowest BCUT2D eigenvalue weighted by atomic mass is 9.72. The first kappa shape index (κ1) is 17.5. The molecule has 1 fully saturated rings. The van der Waals surface area contributed by atoms with Crippen molar-refractivity contribution in [3.05, 3.63) is 65.2 Å². The Morgan fingerprint density at radius 1 is 1.12 bits per heavy atom. The number of hydrogen-bond donors (Lipinski definition) is 3. The molecule has 138 valence electrons. The zero-order valence-electron chi connectivity index (χ0n) is 15.7. The Hall–Kier alpha value is -1.88. The molecule has 0 bridgehead atoms. The maximum absolute atomic E-state index is 11.3. The molecule has 1 aliphatic carbocycles. The van der Waals surface area contributed by atoms with E-state index in [1.807, 2.05) is 0 Å². The molecule has 0 amide bonds. The van der Waals surface area contributed by atoms with E-state index in [0.717, 1.165) is 32.5 Å². The Morgan fingerprint density at radius 3 is 2.65 bits per heavy atom. The number of benzene rings is 2. The Bertz CT molecular complexity index is 767. The standard InChI is InChI=1S/C22H29N3O/c1-25(2)17-7-5-6-16(14-17)15-24-20-18-8-3-4-9-19(18)22(21(20)26)10-12-23-13-11-22/h3-9,14,20-21,23-24,26H,10-13,15H2,1-2H3/t20-,21+/m0/s1. The topological polar surface area (TPSA) is 47.5 Å². The fraction of sp³-hybridized carbons (Fsp3) is 0.455. The molecule has 0 radical (unpaired) electrons. The summed E-state index contributed by atoms with van der Waals surface area (Å²) in [7, 11) is 4.12. The number of aliphatic hydroxyl groups excluding tert-OH is 1. The first-order valence-corrected chi connectivity index (χ1v) is 9.60. The second-order valence-electron chi connectivity index (χ2n) is 7.86. The van der Waals surface area contributed by atoms with Gasteiger partial charge in [-0.2, -0.15) is 0 Å². The zero-order chi connectivity index (χ0) is 18.1. The molecule has 0 unspecified atom stereocenters. The summed E-state index contributed by atoms with van der Waals surface area (Å²) in [6.07, 6.45) is 1.62. The first-order valence-electron chi connectivity index (χ1n) is 9.60. The fourth-order valence-electron chi connectivity index (χ4n) is 4.70. The van der Waals surface area contributed by atoms with Gasteiger partial charge in [0.05, 0.1) is 12.1 Å². The van der Waals surface area contributed by atoms with Gasteiger partial charge in [0.15, 0.2) is 0 Å². The van der Waals surface area contributed by atoms with Gasteiger partial charge < -0.3 is 20.6 Å². The molecule has 2 atom stereocenters. The lowest BCUT2D eigenvalue weighted by Gasteiger charge is -2.39. The van der Waals surface area contributed by atoms with Gasteiger partial charge in [0, 0.05) is 31.7 Å². The summed E-state index contributed by atoms with van der Waals surface area (Å²) in [5.74, 6) is 0.